The third kappa shape index (κ3) is 7.53. The molecule has 0 fully saturated rings. The molecule has 31 heavy (non-hydrogen) atoms. The van der Waals surface area contributed by atoms with Gasteiger partial charge in [-0.25, -0.2) is 4.68 Å². The standard InChI is InChI=1S/C25H38N4O2/c1-18(2)16-28(23(31)15-24(3,4)5)17-22(30)26-21-14-20(25(6,7)8)27-29(21)19-12-10-9-11-13-19/h9-14,18H,15-17H2,1-8H3,(H,26,30). The number of aromatic nitrogens is 2. The molecule has 2 rings (SSSR count). The van der Waals surface area contributed by atoms with Crippen molar-refractivity contribution in [1.82, 2.24) is 14.7 Å². The second-order valence-electron chi connectivity index (χ2n) is 10.9. The van der Waals surface area contributed by atoms with Gasteiger partial charge in [0.2, 0.25) is 11.8 Å². The van der Waals surface area contributed by atoms with Crippen LogP contribution in [0.25, 0.3) is 5.69 Å². The molecule has 6 nitrogen and oxygen atoms in total. The van der Waals surface area contributed by atoms with E-state index in [0.29, 0.717) is 18.8 Å². The van der Waals surface area contributed by atoms with E-state index in [2.05, 4.69) is 39.9 Å². The fourth-order valence-corrected chi connectivity index (χ4v) is 3.22. The molecule has 2 amide bonds. The first-order chi connectivity index (χ1) is 14.3. The SMILES string of the molecule is CC(C)CN(CC(=O)Nc1cc(C(C)(C)C)nn1-c1ccccc1)C(=O)CC(C)(C)C. The lowest BCUT2D eigenvalue weighted by atomic mass is 9.91. The van der Waals surface area contributed by atoms with Gasteiger partial charge in [0.25, 0.3) is 0 Å². The van der Waals surface area contributed by atoms with Gasteiger partial charge in [-0.15, -0.1) is 0 Å². The number of rotatable bonds is 7. The number of nitrogens with zero attached hydrogens (tertiary/aromatic N) is 3. The normalized spacial score (nSPS) is 12.2. The molecule has 0 saturated carbocycles. The van der Waals surface area contributed by atoms with Crippen molar-refractivity contribution in [2.45, 2.75) is 67.2 Å². The number of carbonyl (C=O) groups is 2. The minimum atomic E-state index is -0.222. The number of amides is 2. The molecule has 170 valence electrons. The molecule has 1 aromatic carbocycles. The number of benzene rings is 1. The van der Waals surface area contributed by atoms with Gasteiger partial charge < -0.3 is 10.2 Å². The number of hydrogen-bond acceptors (Lipinski definition) is 3. The number of anilines is 1. The average Bonchev–Trinajstić information content (AvgIpc) is 3.04. The highest BCUT2D eigenvalue weighted by molar-refractivity contribution is 5.94. The first-order valence-corrected chi connectivity index (χ1v) is 11.0. The van der Waals surface area contributed by atoms with Crippen molar-refractivity contribution in [3.8, 4) is 5.69 Å². The molecule has 1 heterocycles. The van der Waals surface area contributed by atoms with Crippen LogP contribution in [0.15, 0.2) is 36.4 Å². The van der Waals surface area contributed by atoms with Gasteiger partial charge >= 0.3 is 0 Å². The molecule has 1 aromatic heterocycles. The van der Waals surface area contributed by atoms with E-state index < -0.39 is 0 Å². The van der Waals surface area contributed by atoms with Gasteiger partial charge in [-0.1, -0.05) is 73.6 Å². The number of para-hydroxylation sites is 1. The monoisotopic (exact) mass is 426 g/mol. The zero-order valence-corrected chi connectivity index (χ0v) is 20.3. The zero-order chi connectivity index (χ0) is 23.4. The van der Waals surface area contributed by atoms with Crippen LogP contribution in [0.4, 0.5) is 5.82 Å². The Morgan fingerprint density at radius 1 is 1.06 bits per heavy atom. The molecular weight excluding hydrogens is 388 g/mol. The maximum Gasteiger partial charge on any atom is 0.245 e. The van der Waals surface area contributed by atoms with Crippen molar-refractivity contribution in [2.75, 3.05) is 18.4 Å². The van der Waals surface area contributed by atoms with Crippen molar-refractivity contribution in [3.63, 3.8) is 0 Å². The fraction of sp³-hybridized carbons (Fsp3) is 0.560. The van der Waals surface area contributed by atoms with Crippen molar-refractivity contribution in [3.05, 3.63) is 42.1 Å². The Hall–Kier alpha value is -2.63. The van der Waals surface area contributed by atoms with Crippen molar-refractivity contribution in [1.29, 1.82) is 0 Å². The topological polar surface area (TPSA) is 67.2 Å². The average molecular weight is 427 g/mol. The predicted molar refractivity (Wildman–Crippen MR) is 126 cm³/mol. The molecule has 0 aliphatic rings. The van der Waals surface area contributed by atoms with Crippen LogP contribution in [0, 0.1) is 11.3 Å². The van der Waals surface area contributed by atoms with Crippen molar-refractivity contribution >= 4 is 17.6 Å². The molecule has 0 unspecified atom stereocenters. The number of carbonyl (C=O) groups excluding carboxylic acids is 2. The smallest absolute Gasteiger partial charge is 0.245 e. The quantitative estimate of drug-likeness (QED) is 0.675. The summed E-state index contributed by atoms with van der Waals surface area (Å²) in [4.78, 5) is 27.5. The summed E-state index contributed by atoms with van der Waals surface area (Å²) in [6.45, 7) is 17.0. The Labute approximate surface area is 187 Å². The third-order valence-corrected chi connectivity index (χ3v) is 4.70. The van der Waals surface area contributed by atoms with E-state index in [1.165, 1.54) is 0 Å². The molecule has 0 aliphatic carbocycles. The molecule has 0 bridgehead atoms. The number of hydrogen-bond donors (Lipinski definition) is 1. The maximum atomic E-state index is 13.0. The van der Waals surface area contributed by atoms with Gasteiger partial charge in [0.05, 0.1) is 17.9 Å². The summed E-state index contributed by atoms with van der Waals surface area (Å²) < 4.78 is 1.75. The van der Waals surface area contributed by atoms with Gasteiger partial charge in [0.1, 0.15) is 5.82 Å². The Balaban J connectivity index is 2.26. The van der Waals surface area contributed by atoms with Crippen LogP contribution in [0.2, 0.25) is 0 Å². The Morgan fingerprint density at radius 3 is 2.19 bits per heavy atom. The van der Waals surface area contributed by atoms with Crippen LogP contribution in [-0.4, -0.2) is 39.6 Å². The van der Waals surface area contributed by atoms with E-state index in [1.807, 2.05) is 57.2 Å². The highest BCUT2D eigenvalue weighted by atomic mass is 16.2. The summed E-state index contributed by atoms with van der Waals surface area (Å²) in [7, 11) is 0. The van der Waals surface area contributed by atoms with E-state index in [-0.39, 0.29) is 35.1 Å². The molecular formula is C25H38N4O2. The molecule has 0 spiro atoms. The summed E-state index contributed by atoms with van der Waals surface area (Å²) >= 11 is 0. The molecule has 6 heteroatoms. The predicted octanol–water partition coefficient (Wildman–Crippen LogP) is 5.03. The Bertz CT molecular complexity index is 886. The van der Waals surface area contributed by atoms with Gasteiger partial charge in [-0.3, -0.25) is 9.59 Å². The molecule has 0 atom stereocenters. The maximum absolute atomic E-state index is 13.0. The van der Waals surface area contributed by atoms with Crippen molar-refractivity contribution in [2.24, 2.45) is 11.3 Å². The molecule has 0 aliphatic heterocycles. The first kappa shape index (κ1) is 24.6. The van der Waals surface area contributed by atoms with Crippen molar-refractivity contribution < 1.29 is 9.59 Å². The van der Waals surface area contributed by atoms with Crippen LogP contribution in [0.3, 0.4) is 0 Å². The molecule has 0 saturated heterocycles. The van der Waals surface area contributed by atoms with Crippen LogP contribution in [0.5, 0.6) is 0 Å². The van der Waals surface area contributed by atoms with E-state index in [9.17, 15) is 9.59 Å². The summed E-state index contributed by atoms with van der Waals surface area (Å²) in [5.74, 6) is 0.664. The van der Waals surface area contributed by atoms with Gasteiger partial charge in [0.15, 0.2) is 0 Å². The second kappa shape index (κ2) is 9.67. The van der Waals surface area contributed by atoms with E-state index in [0.717, 1.165) is 11.4 Å². The highest BCUT2D eigenvalue weighted by Gasteiger charge is 2.25. The van der Waals surface area contributed by atoms with Crippen LogP contribution in [-0.2, 0) is 15.0 Å². The largest absolute Gasteiger partial charge is 0.333 e. The van der Waals surface area contributed by atoms with Crippen LogP contribution < -0.4 is 5.32 Å². The molecule has 1 N–H and O–H groups in total. The summed E-state index contributed by atoms with van der Waals surface area (Å²) in [5, 5.41) is 7.73. The third-order valence-electron chi connectivity index (χ3n) is 4.70. The molecule has 0 radical (unpaired) electrons. The van der Waals surface area contributed by atoms with E-state index in [4.69, 9.17) is 5.10 Å². The molecule has 2 aromatic rings. The minimum Gasteiger partial charge on any atom is -0.333 e. The van der Waals surface area contributed by atoms with Crippen LogP contribution >= 0.6 is 0 Å². The van der Waals surface area contributed by atoms with E-state index in [1.54, 1.807) is 9.58 Å². The minimum absolute atomic E-state index is 0.00305. The summed E-state index contributed by atoms with van der Waals surface area (Å²) in [6, 6.07) is 11.6. The lowest BCUT2D eigenvalue weighted by Gasteiger charge is -2.27. The van der Waals surface area contributed by atoms with Gasteiger partial charge in [0, 0.05) is 24.4 Å². The van der Waals surface area contributed by atoms with Gasteiger partial charge in [-0.2, -0.15) is 5.10 Å². The first-order valence-electron chi connectivity index (χ1n) is 11.0. The Morgan fingerprint density at radius 2 is 1.68 bits per heavy atom. The number of nitrogens with one attached hydrogen (secondary N) is 1. The van der Waals surface area contributed by atoms with E-state index >= 15 is 0 Å². The second-order valence-corrected chi connectivity index (χ2v) is 10.9. The summed E-state index contributed by atoms with van der Waals surface area (Å²) in [6.07, 6.45) is 0.406. The lowest BCUT2D eigenvalue weighted by Crippen LogP contribution is -2.41. The van der Waals surface area contributed by atoms with Crippen LogP contribution in [0.1, 0.15) is 67.5 Å². The Kier molecular flexibility index (Phi) is 7.68. The zero-order valence-electron chi connectivity index (χ0n) is 20.3. The summed E-state index contributed by atoms with van der Waals surface area (Å²) in [5.41, 5.74) is 1.47. The van der Waals surface area contributed by atoms with Gasteiger partial charge in [-0.05, 0) is 23.5 Å². The highest BCUT2D eigenvalue weighted by Crippen LogP contribution is 2.26. The lowest BCUT2D eigenvalue weighted by molar-refractivity contribution is -0.136. The fourth-order valence-electron chi connectivity index (χ4n) is 3.22.